The predicted octanol–water partition coefficient (Wildman–Crippen LogP) is 2.94. The smallest absolute Gasteiger partial charge is 0.370 e. The maximum absolute atomic E-state index is 13.0. The summed E-state index contributed by atoms with van der Waals surface area (Å²) >= 11 is 5.99. The maximum atomic E-state index is 13.0. The molecule has 6 nitrogen and oxygen atoms in total. The second-order valence-corrected chi connectivity index (χ2v) is 6.73. The third kappa shape index (κ3) is 2.95. The highest BCUT2D eigenvalue weighted by Crippen LogP contribution is 2.34. The first kappa shape index (κ1) is 17.3. The van der Waals surface area contributed by atoms with Crippen molar-refractivity contribution >= 4 is 17.5 Å². The van der Waals surface area contributed by atoms with E-state index in [0.29, 0.717) is 19.6 Å². The SMILES string of the molecule is O=C(c1cc(C(F)(F)F)ccc1Cl)N1CC[C@@H]2OCc3cnnn3[C@H]2C1. The van der Waals surface area contributed by atoms with Crippen LogP contribution in [0.2, 0.25) is 5.02 Å². The van der Waals surface area contributed by atoms with Crippen LogP contribution in [-0.4, -0.2) is 45.0 Å². The Morgan fingerprint density at radius 2 is 2.15 bits per heavy atom. The van der Waals surface area contributed by atoms with Crippen LogP contribution in [0, 0.1) is 0 Å². The average molecular weight is 387 g/mol. The van der Waals surface area contributed by atoms with E-state index in [9.17, 15) is 18.0 Å². The topological polar surface area (TPSA) is 60.3 Å². The van der Waals surface area contributed by atoms with Crippen LogP contribution in [0.5, 0.6) is 0 Å². The zero-order valence-electron chi connectivity index (χ0n) is 13.4. The molecule has 26 heavy (non-hydrogen) atoms. The minimum atomic E-state index is -4.54. The lowest BCUT2D eigenvalue weighted by Crippen LogP contribution is -2.50. The van der Waals surface area contributed by atoms with Gasteiger partial charge in [-0.05, 0) is 24.6 Å². The van der Waals surface area contributed by atoms with Gasteiger partial charge in [-0.15, -0.1) is 5.10 Å². The Kier molecular flexibility index (Phi) is 4.15. The Bertz CT molecular complexity index is 854. The number of alkyl halides is 3. The number of nitrogens with zero attached hydrogens (tertiary/aromatic N) is 4. The Labute approximate surface area is 151 Å². The van der Waals surface area contributed by atoms with Gasteiger partial charge in [-0.3, -0.25) is 4.79 Å². The molecule has 0 unspecified atom stereocenters. The zero-order valence-corrected chi connectivity index (χ0v) is 14.2. The molecule has 1 aromatic heterocycles. The number of hydrogen-bond acceptors (Lipinski definition) is 4. The summed E-state index contributed by atoms with van der Waals surface area (Å²) in [5, 5.41) is 7.90. The van der Waals surface area contributed by atoms with Crippen LogP contribution < -0.4 is 0 Å². The fourth-order valence-electron chi connectivity index (χ4n) is 3.40. The third-order valence-corrected chi connectivity index (χ3v) is 5.07. The number of carbonyl (C=O) groups is 1. The number of ether oxygens (including phenoxy) is 1. The summed E-state index contributed by atoms with van der Waals surface area (Å²) in [5.74, 6) is -0.535. The minimum Gasteiger partial charge on any atom is -0.370 e. The minimum absolute atomic E-state index is 0.00791. The molecule has 0 bridgehead atoms. The van der Waals surface area contributed by atoms with Gasteiger partial charge in [0.25, 0.3) is 5.91 Å². The van der Waals surface area contributed by atoms with Crippen molar-refractivity contribution in [3.63, 3.8) is 0 Å². The molecule has 2 aromatic rings. The highest BCUT2D eigenvalue weighted by molar-refractivity contribution is 6.33. The maximum Gasteiger partial charge on any atom is 0.416 e. The first-order valence-electron chi connectivity index (χ1n) is 8.01. The summed E-state index contributed by atoms with van der Waals surface area (Å²) in [5.41, 5.74) is -0.257. The summed E-state index contributed by atoms with van der Waals surface area (Å²) < 4.78 is 46.4. The number of rotatable bonds is 1. The molecule has 0 spiro atoms. The van der Waals surface area contributed by atoms with Crippen LogP contribution in [0.4, 0.5) is 13.2 Å². The number of fused-ring (bicyclic) bond motifs is 3. The summed E-state index contributed by atoms with van der Waals surface area (Å²) in [7, 11) is 0. The summed E-state index contributed by atoms with van der Waals surface area (Å²) in [6.45, 7) is 1.05. The first-order chi connectivity index (χ1) is 12.3. The Balaban J connectivity index is 1.60. The van der Waals surface area contributed by atoms with Crippen molar-refractivity contribution in [3.8, 4) is 0 Å². The molecule has 2 aliphatic heterocycles. The Morgan fingerprint density at radius 3 is 2.92 bits per heavy atom. The molecule has 2 atom stereocenters. The molecule has 1 fully saturated rings. The Hall–Kier alpha value is -2.13. The van der Waals surface area contributed by atoms with Gasteiger partial charge in [-0.2, -0.15) is 13.2 Å². The average Bonchev–Trinajstić information content (AvgIpc) is 3.09. The number of carbonyl (C=O) groups excluding carboxylic acids is 1. The number of likely N-dealkylation sites (tertiary alicyclic amines) is 1. The lowest BCUT2D eigenvalue weighted by Gasteiger charge is -2.41. The Morgan fingerprint density at radius 1 is 1.35 bits per heavy atom. The van der Waals surface area contributed by atoms with Gasteiger partial charge in [-0.25, -0.2) is 4.68 Å². The molecule has 4 rings (SSSR count). The number of amides is 1. The van der Waals surface area contributed by atoms with E-state index in [1.165, 1.54) is 4.90 Å². The van der Waals surface area contributed by atoms with E-state index in [2.05, 4.69) is 10.3 Å². The van der Waals surface area contributed by atoms with Gasteiger partial charge in [0.05, 0.1) is 46.8 Å². The third-order valence-electron chi connectivity index (χ3n) is 4.74. The molecule has 1 saturated heterocycles. The number of halogens is 4. The molecule has 1 aromatic carbocycles. The molecular weight excluding hydrogens is 373 g/mol. The van der Waals surface area contributed by atoms with Crippen LogP contribution in [0.25, 0.3) is 0 Å². The molecule has 0 aliphatic carbocycles. The highest BCUT2D eigenvalue weighted by Gasteiger charge is 2.39. The number of benzene rings is 1. The van der Waals surface area contributed by atoms with Gasteiger partial charge in [-0.1, -0.05) is 16.8 Å². The fourth-order valence-corrected chi connectivity index (χ4v) is 3.60. The predicted molar refractivity (Wildman–Crippen MR) is 84.6 cm³/mol. The molecule has 0 N–H and O–H groups in total. The van der Waals surface area contributed by atoms with Crippen molar-refractivity contribution in [3.05, 3.63) is 46.2 Å². The molecule has 0 saturated carbocycles. The van der Waals surface area contributed by atoms with Crippen molar-refractivity contribution in [1.82, 2.24) is 19.9 Å². The van der Waals surface area contributed by atoms with E-state index in [-0.39, 0.29) is 29.3 Å². The lowest BCUT2D eigenvalue weighted by molar-refractivity contribution is -0.137. The molecule has 10 heteroatoms. The van der Waals surface area contributed by atoms with Crippen LogP contribution in [-0.2, 0) is 17.5 Å². The normalized spacial score (nSPS) is 22.7. The van der Waals surface area contributed by atoms with E-state index in [0.717, 1.165) is 23.9 Å². The van der Waals surface area contributed by atoms with Gasteiger partial charge in [0.1, 0.15) is 0 Å². The molecule has 138 valence electrons. The first-order valence-corrected chi connectivity index (χ1v) is 8.39. The summed E-state index contributed by atoms with van der Waals surface area (Å²) in [6, 6.07) is 2.55. The lowest BCUT2D eigenvalue weighted by atomic mass is 9.99. The fraction of sp³-hybridized carbons (Fsp3) is 0.438. The quantitative estimate of drug-likeness (QED) is 0.756. The zero-order chi connectivity index (χ0) is 18.5. The second kappa shape index (κ2) is 6.24. The summed E-state index contributed by atoms with van der Waals surface area (Å²) in [4.78, 5) is 14.3. The van der Waals surface area contributed by atoms with Gasteiger partial charge >= 0.3 is 6.18 Å². The standard InChI is InChI=1S/C16H14ClF3N4O2/c17-12-2-1-9(16(18,19)20)5-11(12)15(25)23-4-3-14-13(7-23)24-10(8-26-14)6-21-22-24/h1-2,5-6,13-14H,3-4,7-8H2/t13-,14-/m0/s1. The van der Waals surface area contributed by atoms with Gasteiger partial charge < -0.3 is 9.64 Å². The number of aromatic nitrogens is 3. The van der Waals surface area contributed by atoms with E-state index in [4.69, 9.17) is 16.3 Å². The van der Waals surface area contributed by atoms with Crippen LogP contribution in [0.15, 0.2) is 24.4 Å². The highest BCUT2D eigenvalue weighted by atomic mass is 35.5. The second-order valence-electron chi connectivity index (χ2n) is 6.32. The molecule has 0 radical (unpaired) electrons. The van der Waals surface area contributed by atoms with Gasteiger partial charge in [0.15, 0.2) is 0 Å². The molecule has 3 heterocycles. The van der Waals surface area contributed by atoms with Gasteiger partial charge in [0, 0.05) is 13.1 Å². The molecular formula is C16H14ClF3N4O2. The largest absolute Gasteiger partial charge is 0.416 e. The monoisotopic (exact) mass is 386 g/mol. The van der Waals surface area contributed by atoms with Crippen molar-refractivity contribution in [1.29, 1.82) is 0 Å². The molecule has 2 aliphatic rings. The number of hydrogen-bond donors (Lipinski definition) is 0. The van der Waals surface area contributed by atoms with E-state index in [1.54, 1.807) is 10.9 Å². The van der Waals surface area contributed by atoms with Crippen LogP contribution in [0.3, 0.4) is 0 Å². The van der Waals surface area contributed by atoms with Crippen LogP contribution >= 0.6 is 11.6 Å². The van der Waals surface area contributed by atoms with E-state index >= 15 is 0 Å². The van der Waals surface area contributed by atoms with Crippen LogP contribution in [0.1, 0.15) is 34.1 Å². The summed E-state index contributed by atoms with van der Waals surface area (Å²) in [6.07, 6.45) is -2.49. The van der Waals surface area contributed by atoms with Crippen molar-refractivity contribution in [2.24, 2.45) is 0 Å². The van der Waals surface area contributed by atoms with Crippen molar-refractivity contribution in [2.45, 2.75) is 31.3 Å². The van der Waals surface area contributed by atoms with E-state index in [1.807, 2.05) is 0 Å². The van der Waals surface area contributed by atoms with Crippen molar-refractivity contribution in [2.75, 3.05) is 13.1 Å². The van der Waals surface area contributed by atoms with E-state index < -0.39 is 17.6 Å². The number of piperidine rings is 1. The van der Waals surface area contributed by atoms with Gasteiger partial charge in [0.2, 0.25) is 0 Å². The molecule has 1 amide bonds. The van der Waals surface area contributed by atoms with Crippen molar-refractivity contribution < 1.29 is 22.7 Å².